The molecular weight excluding hydrogens is 338 g/mol. The summed E-state index contributed by atoms with van der Waals surface area (Å²) in [5, 5.41) is 0. The number of benzene rings is 2. The number of amides is 2. The molecule has 1 aliphatic heterocycles. The number of carbonyl (C=O) groups excluding carboxylic acids is 2. The number of nitrogens with zero attached hydrogens (tertiary/aromatic N) is 3. The molecule has 0 saturated carbocycles. The SMILES string of the molecule is Cc1ccccc1CN(C)C(=O)CN1CCN(C(=O)c2ccccc2)CC1. The number of carbonyl (C=O) groups is 2. The molecule has 142 valence electrons. The molecule has 2 amide bonds. The van der Waals surface area contributed by atoms with Crippen molar-refractivity contribution < 1.29 is 9.59 Å². The third-order valence-corrected chi connectivity index (χ3v) is 5.13. The molecule has 2 aromatic rings. The van der Waals surface area contributed by atoms with E-state index in [-0.39, 0.29) is 11.8 Å². The second-order valence-electron chi connectivity index (χ2n) is 7.11. The van der Waals surface area contributed by atoms with Crippen molar-refractivity contribution in [3.63, 3.8) is 0 Å². The highest BCUT2D eigenvalue weighted by Gasteiger charge is 2.24. The first-order valence-corrected chi connectivity index (χ1v) is 9.40. The van der Waals surface area contributed by atoms with E-state index >= 15 is 0 Å². The van der Waals surface area contributed by atoms with Crippen LogP contribution in [-0.2, 0) is 11.3 Å². The lowest BCUT2D eigenvalue weighted by Gasteiger charge is -2.35. The molecule has 1 saturated heterocycles. The number of hydrogen-bond donors (Lipinski definition) is 0. The summed E-state index contributed by atoms with van der Waals surface area (Å²) in [7, 11) is 1.85. The predicted octanol–water partition coefficient (Wildman–Crippen LogP) is 2.41. The molecule has 0 atom stereocenters. The van der Waals surface area contributed by atoms with Crippen LogP contribution in [0.25, 0.3) is 0 Å². The lowest BCUT2D eigenvalue weighted by atomic mass is 10.1. The number of hydrogen-bond acceptors (Lipinski definition) is 3. The zero-order chi connectivity index (χ0) is 19.2. The summed E-state index contributed by atoms with van der Waals surface area (Å²) in [5.41, 5.74) is 3.09. The van der Waals surface area contributed by atoms with Crippen LogP contribution in [0.15, 0.2) is 54.6 Å². The van der Waals surface area contributed by atoms with Crippen molar-refractivity contribution in [3.05, 3.63) is 71.3 Å². The Kier molecular flexibility index (Phi) is 6.24. The molecule has 0 spiro atoms. The Balaban J connectivity index is 1.48. The van der Waals surface area contributed by atoms with Gasteiger partial charge in [-0.3, -0.25) is 14.5 Å². The Hall–Kier alpha value is -2.66. The highest BCUT2D eigenvalue weighted by atomic mass is 16.2. The zero-order valence-electron chi connectivity index (χ0n) is 16.1. The van der Waals surface area contributed by atoms with E-state index in [9.17, 15) is 9.59 Å². The molecule has 0 radical (unpaired) electrons. The van der Waals surface area contributed by atoms with Gasteiger partial charge in [-0.05, 0) is 30.2 Å². The average molecular weight is 365 g/mol. The fraction of sp³-hybridized carbons (Fsp3) is 0.364. The average Bonchev–Trinajstić information content (AvgIpc) is 2.70. The van der Waals surface area contributed by atoms with Crippen LogP contribution in [0.3, 0.4) is 0 Å². The highest BCUT2D eigenvalue weighted by molar-refractivity contribution is 5.94. The molecule has 0 N–H and O–H groups in total. The lowest BCUT2D eigenvalue weighted by Crippen LogP contribution is -2.51. The van der Waals surface area contributed by atoms with E-state index in [0.29, 0.717) is 26.2 Å². The first kappa shape index (κ1) is 19.1. The number of piperazine rings is 1. The van der Waals surface area contributed by atoms with Crippen molar-refractivity contribution in [2.24, 2.45) is 0 Å². The molecular formula is C22H27N3O2. The normalized spacial score (nSPS) is 14.8. The quantitative estimate of drug-likeness (QED) is 0.817. The van der Waals surface area contributed by atoms with Gasteiger partial charge in [0.1, 0.15) is 0 Å². The minimum absolute atomic E-state index is 0.0678. The molecule has 0 aromatic heterocycles. The maximum Gasteiger partial charge on any atom is 0.253 e. The van der Waals surface area contributed by atoms with Crippen LogP contribution in [0.4, 0.5) is 0 Å². The molecule has 1 heterocycles. The van der Waals surface area contributed by atoms with Crippen molar-refractivity contribution in [2.45, 2.75) is 13.5 Å². The highest BCUT2D eigenvalue weighted by Crippen LogP contribution is 2.11. The first-order valence-electron chi connectivity index (χ1n) is 9.40. The fourth-order valence-corrected chi connectivity index (χ4v) is 3.32. The van der Waals surface area contributed by atoms with E-state index in [4.69, 9.17) is 0 Å². The summed E-state index contributed by atoms with van der Waals surface area (Å²) < 4.78 is 0. The number of likely N-dealkylation sites (N-methyl/N-ethyl adjacent to an activating group) is 1. The maximum absolute atomic E-state index is 12.6. The molecule has 5 heteroatoms. The van der Waals surface area contributed by atoms with Crippen molar-refractivity contribution in [2.75, 3.05) is 39.8 Å². The fourth-order valence-electron chi connectivity index (χ4n) is 3.32. The van der Waals surface area contributed by atoms with Crippen LogP contribution in [0.1, 0.15) is 21.5 Å². The Bertz CT molecular complexity index is 783. The third kappa shape index (κ3) is 4.95. The first-order chi connectivity index (χ1) is 13.0. The number of aryl methyl sites for hydroxylation is 1. The molecule has 2 aromatic carbocycles. The van der Waals surface area contributed by atoms with Gasteiger partial charge in [0.25, 0.3) is 5.91 Å². The van der Waals surface area contributed by atoms with Crippen molar-refractivity contribution >= 4 is 11.8 Å². The Morgan fingerprint density at radius 3 is 2.22 bits per heavy atom. The Labute approximate surface area is 161 Å². The Morgan fingerprint density at radius 1 is 0.926 bits per heavy atom. The van der Waals surface area contributed by atoms with E-state index in [0.717, 1.165) is 18.7 Å². The van der Waals surface area contributed by atoms with Crippen molar-refractivity contribution in [1.82, 2.24) is 14.7 Å². The lowest BCUT2D eigenvalue weighted by molar-refractivity contribution is -0.132. The van der Waals surface area contributed by atoms with Gasteiger partial charge < -0.3 is 9.80 Å². The molecule has 3 rings (SSSR count). The second kappa shape index (κ2) is 8.82. The van der Waals surface area contributed by atoms with Crippen LogP contribution in [0.2, 0.25) is 0 Å². The zero-order valence-corrected chi connectivity index (χ0v) is 16.1. The van der Waals surface area contributed by atoms with Gasteiger partial charge in [-0.15, -0.1) is 0 Å². The van der Waals surface area contributed by atoms with E-state index in [1.807, 2.05) is 54.4 Å². The number of rotatable bonds is 5. The van der Waals surface area contributed by atoms with Crippen molar-refractivity contribution in [3.8, 4) is 0 Å². The third-order valence-electron chi connectivity index (χ3n) is 5.13. The van der Waals surface area contributed by atoms with E-state index in [1.165, 1.54) is 11.1 Å². The van der Waals surface area contributed by atoms with Crippen LogP contribution in [0, 0.1) is 6.92 Å². The van der Waals surface area contributed by atoms with Crippen LogP contribution < -0.4 is 0 Å². The monoisotopic (exact) mass is 365 g/mol. The van der Waals surface area contributed by atoms with Gasteiger partial charge >= 0.3 is 0 Å². The van der Waals surface area contributed by atoms with E-state index < -0.39 is 0 Å². The molecule has 5 nitrogen and oxygen atoms in total. The van der Waals surface area contributed by atoms with Gasteiger partial charge in [0.15, 0.2) is 0 Å². The molecule has 0 unspecified atom stereocenters. The summed E-state index contributed by atoms with van der Waals surface area (Å²) >= 11 is 0. The minimum atomic E-state index is 0.0678. The van der Waals surface area contributed by atoms with E-state index in [1.54, 1.807) is 4.90 Å². The molecule has 1 fully saturated rings. The van der Waals surface area contributed by atoms with Gasteiger partial charge in [-0.25, -0.2) is 0 Å². The smallest absolute Gasteiger partial charge is 0.253 e. The second-order valence-corrected chi connectivity index (χ2v) is 7.11. The van der Waals surface area contributed by atoms with Gasteiger partial charge in [0.2, 0.25) is 5.91 Å². The van der Waals surface area contributed by atoms with Gasteiger partial charge in [0, 0.05) is 45.3 Å². The summed E-state index contributed by atoms with van der Waals surface area (Å²) in [6, 6.07) is 17.5. The largest absolute Gasteiger partial charge is 0.340 e. The predicted molar refractivity (Wildman–Crippen MR) is 106 cm³/mol. The van der Waals surface area contributed by atoms with Crippen LogP contribution in [-0.4, -0.2) is 66.3 Å². The summed E-state index contributed by atoms with van der Waals surface area (Å²) in [6.45, 7) is 5.85. The summed E-state index contributed by atoms with van der Waals surface area (Å²) in [6.07, 6.45) is 0. The van der Waals surface area contributed by atoms with Crippen LogP contribution in [0.5, 0.6) is 0 Å². The van der Waals surface area contributed by atoms with Crippen molar-refractivity contribution in [1.29, 1.82) is 0 Å². The topological polar surface area (TPSA) is 43.9 Å². The summed E-state index contributed by atoms with van der Waals surface area (Å²) in [5.74, 6) is 0.180. The minimum Gasteiger partial charge on any atom is -0.340 e. The Morgan fingerprint density at radius 2 is 1.56 bits per heavy atom. The molecule has 0 bridgehead atoms. The molecule has 1 aliphatic rings. The van der Waals surface area contributed by atoms with E-state index in [2.05, 4.69) is 24.0 Å². The van der Waals surface area contributed by atoms with Gasteiger partial charge in [0.05, 0.1) is 6.54 Å². The maximum atomic E-state index is 12.6. The van der Waals surface area contributed by atoms with Gasteiger partial charge in [-0.2, -0.15) is 0 Å². The van der Waals surface area contributed by atoms with Gasteiger partial charge in [-0.1, -0.05) is 42.5 Å². The molecule has 0 aliphatic carbocycles. The molecule has 27 heavy (non-hydrogen) atoms. The summed E-state index contributed by atoms with van der Waals surface area (Å²) in [4.78, 5) is 30.9. The van der Waals surface area contributed by atoms with Crippen LogP contribution >= 0.6 is 0 Å². The standard InChI is InChI=1S/C22H27N3O2/c1-18-8-6-7-11-20(18)16-23(2)21(26)17-24-12-14-25(15-13-24)22(27)19-9-4-3-5-10-19/h3-11H,12-17H2,1-2H3.